The van der Waals surface area contributed by atoms with Gasteiger partial charge in [0.1, 0.15) is 0 Å². The molecule has 0 radical (unpaired) electrons. The van der Waals surface area contributed by atoms with E-state index in [4.69, 9.17) is 0 Å². The van der Waals surface area contributed by atoms with Crippen LogP contribution >= 0.6 is 11.3 Å². The average Bonchev–Trinajstić information content (AvgIpc) is 2.95. The summed E-state index contributed by atoms with van der Waals surface area (Å²) in [7, 11) is 0. The Morgan fingerprint density at radius 1 is 1.24 bits per heavy atom. The van der Waals surface area contributed by atoms with Gasteiger partial charge in [-0.2, -0.15) is 0 Å². The van der Waals surface area contributed by atoms with Crippen molar-refractivity contribution in [3.8, 4) is 10.6 Å². The van der Waals surface area contributed by atoms with Gasteiger partial charge in [0.05, 0.1) is 16.1 Å². The molecule has 3 rings (SSSR count). The molecule has 0 saturated carbocycles. The first-order valence-corrected chi connectivity index (χ1v) is 6.64. The van der Waals surface area contributed by atoms with Crippen LogP contribution in [0.3, 0.4) is 0 Å². The van der Waals surface area contributed by atoms with Crippen LogP contribution < -0.4 is 0 Å². The van der Waals surface area contributed by atoms with Crippen molar-refractivity contribution < 1.29 is 0 Å². The molecule has 0 aliphatic rings. The van der Waals surface area contributed by atoms with Crippen LogP contribution in [0.25, 0.3) is 21.5 Å². The summed E-state index contributed by atoms with van der Waals surface area (Å²) >= 11 is 1.69. The van der Waals surface area contributed by atoms with E-state index < -0.39 is 0 Å². The number of para-hydroxylation sites is 1. The summed E-state index contributed by atoms with van der Waals surface area (Å²) < 4.78 is 2.38. The lowest BCUT2D eigenvalue weighted by Gasteiger charge is -2.13. The maximum atomic E-state index is 4.17. The topological polar surface area (TPSA) is 17.8 Å². The summed E-state index contributed by atoms with van der Waals surface area (Å²) in [6.07, 6.45) is 1.94. The molecule has 0 unspecified atom stereocenters. The third-order valence-electron chi connectivity index (χ3n) is 2.95. The van der Waals surface area contributed by atoms with E-state index in [0.29, 0.717) is 6.04 Å². The predicted molar refractivity (Wildman–Crippen MR) is 73.4 cm³/mol. The summed E-state index contributed by atoms with van der Waals surface area (Å²) in [5, 5.41) is 1.30. The maximum Gasteiger partial charge on any atom is 0.0798 e. The molecule has 2 nitrogen and oxygen atoms in total. The predicted octanol–water partition coefficient (Wildman–Crippen LogP) is 4.35. The molecule has 86 valence electrons. The average molecular weight is 242 g/mol. The second-order valence-corrected chi connectivity index (χ2v) is 5.30. The number of aromatic nitrogens is 2. The van der Waals surface area contributed by atoms with E-state index in [9.17, 15) is 0 Å². The van der Waals surface area contributed by atoms with Crippen LogP contribution in [-0.2, 0) is 0 Å². The van der Waals surface area contributed by atoms with Gasteiger partial charge in [-0.25, -0.2) is 0 Å². The summed E-state index contributed by atoms with van der Waals surface area (Å²) in [6.45, 7) is 4.44. The second-order valence-electron chi connectivity index (χ2n) is 4.42. The Bertz CT molecular complexity index is 635. The minimum absolute atomic E-state index is 0.451. The quantitative estimate of drug-likeness (QED) is 0.653. The maximum absolute atomic E-state index is 4.17. The van der Waals surface area contributed by atoms with Crippen LogP contribution in [0, 0.1) is 0 Å². The van der Waals surface area contributed by atoms with Crippen LogP contribution in [-0.4, -0.2) is 9.55 Å². The third kappa shape index (κ3) is 1.67. The fourth-order valence-electron chi connectivity index (χ4n) is 2.26. The van der Waals surface area contributed by atoms with E-state index in [2.05, 4.69) is 53.7 Å². The molecule has 0 aliphatic carbocycles. The molecule has 3 heteroatoms. The zero-order valence-corrected chi connectivity index (χ0v) is 10.7. The van der Waals surface area contributed by atoms with Gasteiger partial charge in [-0.3, -0.25) is 4.98 Å². The number of rotatable bonds is 2. The van der Waals surface area contributed by atoms with Crippen molar-refractivity contribution in [3.63, 3.8) is 0 Å². The monoisotopic (exact) mass is 242 g/mol. The van der Waals surface area contributed by atoms with Crippen LogP contribution in [0.1, 0.15) is 19.9 Å². The van der Waals surface area contributed by atoms with Gasteiger partial charge >= 0.3 is 0 Å². The van der Waals surface area contributed by atoms with E-state index in [1.807, 2.05) is 11.7 Å². The Morgan fingerprint density at radius 3 is 2.76 bits per heavy atom. The van der Waals surface area contributed by atoms with Gasteiger partial charge < -0.3 is 4.57 Å². The van der Waals surface area contributed by atoms with E-state index in [-0.39, 0.29) is 0 Å². The fraction of sp³-hybridized carbons (Fsp3) is 0.214. The van der Waals surface area contributed by atoms with Gasteiger partial charge in [-0.05, 0) is 26.0 Å². The van der Waals surface area contributed by atoms with E-state index in [0.717, 1.165) is 0 Å². The van der Waals surface area contributed by atoms with Gasteiger partial charge in [0.25, 0.3) is 0 Å². The smallest absolute Gasteiger partial charge is 0.0798 e. The largest absolute Gasteiger partial charge is 0.337 e. The first kappa shape index (κ1) is 10.5. The molecule has 0 amide bonds. The lowest BCUT2D eigenvalue weighted by molar-refractivity contribution is 0.629. The summed E-state index contributed by atoms with van der Waals surface area (Å²) in [5.41, 5.74) is 4.45. The molecule has 17 heavy (non-hydrogen) atoms. The SMILES string of the molecule is CC(C)n1c(-c2cncs2)cc2ccccc21. The molecule has 0 fully saturated rings. The first-order valence-electron chi connectivity index (χ1n) is 5.76. The van der Waals surface area contributed by atoms with Gasteiger partial charge in [0.15, 0.2) is 0 Å². The highest BCUT2D eigenvalue weighted by Gasteiger charge is 2.13. The lowest BCUT2D eigenvalue weighted by Crippen LogP contribution is -2.01. The molecule has 0 atom stereocenters. The van der Waals surface area contributed by atoms with Crippen LogP contribution in [0.5, 0.6) is 0 Å². The van der Waals surface area contributed by atoms with Crippen molar-refractivity contribution in [2.75, 3.05) is 0 Å². The molecule has 2 aromatic heterocycles. The second kappa shape index (κ2) is 4.00. The number of hydrogen-bond acceptors (Lipinski definition) is 2. The summed E-state index contributed by atoms with van der Waals surface area (Å²) in [4.78, 5) is 5.41. The van der Waals surface area contributed by atoms with Gasteiger partial charge in [-0.15, -0.1) is 11.3 Å². The molecule has 2 heterocycles. The van der Waals surface area contributed by atoms with Crippen molar-refractivity contribution in [2.24, 2.45) is 0 Å². The third-order valence-corrected chi connectivity index (χ3v) is 3.74. The zero-order chi connectivity index (χ0) is 11.8. The highest BCUT2D eigenvalue weighted by atomic mass is 32.1. The van der Waals surface area contributed by atoms with E-state index >= 15 is 0 Å². The Balaban J connectivity index is 2.34. The first-order chi connectivity index (χ1) is 8.27. The zero-order valence-electron chi connectivity index (χ0n) is 9.92. The normalized spacial score (nSPS) is 11.5. The molecule has 0 aliphatic heterocycles. The molecule has 0 N–H and O–H groups in total. The van der Waals surface area contributed by atoms with Crippen LogP contribution in [0.2, 0.25) is 0 Å². The Morgan fingerprint density at radius 2 is 2.06 bits per heavy atom. The number of benzene rings is 1. The molecule has 1 aromatic carbocycles. The molecule has 0 saturated heterocycles. The van der Waals surface area contributed by atoms with E-state index in [1.165, 1.54) is 21.5 Å². The number of nitrogens with zero attached hydrogens (tertiary/aromatic N) is 2. The molecule has 3 aromatic rings. The molecular weight excluding hydrogens is 228 g/mol. The van der Waals surface area contributed by atoms with Crippen molar-refractivity contribution >= 4 is 22.2 Å². The van der Waals surface area contributed by atoms with Crippen molar-refractivity contribution in [1.29, 1.82) is 0 Å². The highest BCUT2D eigenvalue weighted by Crippen LogP contribution is 2.32. The number of fused-ring (bicyclic) bond motifs is 1. The van der Waals surface area contributed by atoms with Crippen molar-refractivity contribution in [1.82, 2.24) is 9.55 Å². The molecular formula is C14H14N2S. The summed E-state index contributed by atoms with van der Waals surface area (Å²) in [5.74, 6) is 0. The van der Waals surface area contributed by atoms with Gasteiger partial charge in [0, 0.05) is 23.1 Å². The summed E-state index contributed by atoms with van der Waals surface area (Å²) in [6, 6.07) is 11.2. The van der Waals surface area contributed by atoms with Crippen molar-refractivity contribution in [2.45, 2.75) is 19.9 Å². The standard InChI is InChI=1S/C14H14N2S/c1-10(2)16-12-6-4-3-5-11(12)7-13(16)14-8-15-9-17-14/h3-10H,1-2H3. The Kier molecular flexibility index (Phi) is 2.48. The lowest BCUT2D eigenvalue weighted by atomic mass is 10.2. The number of hydrogen-bond donors (Lipinski definition) is 0. The molecule has 0 spiro atoms. The minimum atomic E-state index is 0.451. The van der Waals surface area contributed by atoms with Crippen molar-refractivity contribution in [3.05, 3.63) is 42.0 Å². The Labute approximate surface area is 105 Å². The van der Waals surface area contributed by atoms with Gasteiger partial charge in [0.2, 0.25) is 0 Å². The van der Waals surface area contributed by atoms with Crippen LogP contribution in [0.4, 0.5) is 0 Å². The minimum Gasteiger partial charge on any atom is -0.337 e. The van der Waals surface area contributed by atoms with E-state index in [1.54, 1.807) is 11.3 Å². The highest BCUT2D eigenvalue weighted by molar-refractivity contribution is 7.13. The Hall–Kier alpha value is -1.61. The van der Waals surface area contributed by atoms with Gasteiger partial charge in [-0.1, -0.05) is 18.2 Å². The van der Waals surface area contributed by atoms with Crippen LogP contribution in [0.15, 0.2) is 42.0 Å². The number of thiazole rings is 1. The molecule has 0 bridgehead atoms. The fourth-order valence-corrected chi connectivity index (χ4v) is 2.90.